The van der Waals surface area contributed by atoms with E-state index in [1.165, 1.54) is 6.07 Å². The summed E-state index contributed by atoms with van der Waals surface area (Å²) in [7, 11) is 0. The van der Waals surface area contributed by atoms with Gasteiger partial charge < -0.3 is 19.5 Å². The van der Waals surface area contributed by atoms with Gasteiger partial charge >= 0.3 is 12.1 Å². The van der Waals surface area contributed by atoms with Crippen molar-refractivity contribution in [1.29, 1.82) is 0 Å². The quantitative estimate of drug-likeness (QED) is 0.695. The molecule has 2 heterocycles. The molecule has 0 aromatic carbocycles. The molecule has 2 rings (SSSR count). The number of rotatable bonds is 6. The lowest BCUT2D eigenvalue weighted by molar-refractivity contribution is -0.141. The second-order valence-corrected chi connectivity index (χ2v) is 8.05. The van der Waals surface area contributed by atoms with Crippen LogP contribution in [-0.2, 0) is 20.9 Å². The van der Waals surface area contributed by atoms with Gasteiger partial charge in [0.1, 0.15) is 18.0 Å². The number of aliphatic hydroxyl groups is 1. The van der Waals surface area contributed by atoms with Crippen molar-refractivity contribution in [2.24, 2.45) is 0 Å². The number of nitrogens with zero attached hydrogens (tertiary/aromatic N) is 3. The van der Waals surface area contributed by atoms with Crippen LogP contribution in [0.15, 0.2) is 12.1 Å². The van der Waals surface area contributed by atoms with Gasteiger partial charge in [0.15, 0.2) is 0 Å². The molecule has 1 aliphatic rings. The fraction of sp³-hybridized carbons (Fsp3) is 0.650. The number of aliphatic hydroxyl groups excluding tert-OH is 1. The molecule has 10 heteroatoms. The molecule has 1 N–H and O–H groups in total. The van der Waals surface area contributed by atoms with Crippen LogP contribution in [-0.4, -0.2) is 59.9 Å². The Morgan fingerprint density at radius 1 is 1.27 bits per heavy atom. The Bertz CT molecular complexity index is 757. The van der Waals surface area contributed by atoms with Crippen molar-refractivity contribution in [3.63, 3.8) is 0 Å². The van der Waals surface area contributed by atoms with Crippen molar-refractivity contribution in [3.05, 3.63) is 17.8 Å². The van der Waals surface area contributed by atoms with E-state index in [0.717, 1.165) is 4.90 Å². The zero-order chi connectivity index (χ0) is 22.5. The van der Waals surface area contributed by atoms with Crippen LogP contribution in [0.4, 0.5) is 25.1 Å². The molecule has 0 radical (unpaired) electrons. The highest BCUT2D eigenvalue weighted by atomic mass is 19.3. The van der Waals surface area contributed by atoms with Gasteiger partial charge in [0.05, 0.1) is 18.9 Å². The number of esters is 1. The molecule has 1 saturated heterocycles. The third kappa shape index (κ3) is 6.79. The lowest BCUT2D eigenvalue weighted by Gasteiger charge is -2.34. The van der Waals surface area contributed by atoms with Crippen LogP contribution in [0.1, 0.15) is 46.2 Å². The third-order valence-electron chi connectivity index (χ3n) is 4.35. The number of piperidine rings is 1. The Hall–Kier alpha value is -2.49. The van der Waals surface area contributed by atoms with Crippen LogP contribution in [0.3, 0.4) is 0 Å². The summed E-state index contributed by atoms with van der Waals surface area (Å²) in [4.78, 5) is 31.8. The molecule has 30 heavy (non-hydrogen) atoms. The number of carbonyl (C=O) groups is 2. The van der Waals surface area contributed by atoms with E-state index in [0.29, 0.717) is 5.69 Å². The standard InChI is InChI=1S/C20H29F2N3O5/c1-5-29-17(27)12-25(18(28)30-19(2,3)4)16-11-15(10-14(13-26)23-16)24-8-6-20(21,22)7-9-24/h10-11,26H,5-9,12-13H2,1-4H3. The van der Waals surface area contributed by atoms with Crippen LogP contribution in [0.2, 0.25) is 0 Å². The van der Waals surface area contributed by atoms with Crippen LogP contribution in [0, 0.1) is 0 Å². The van der Waals surface area contributed by atoms with Gasteiger partial charge in [-0.2, -0.15) is 0 Å². The number of hydrogen-bond donors (Lipinski definition) is 1. The van der Waals surface area contributed by atoms with Gasteiger partial charge in [0, 0.05) is 37.7 Å². The van der Waals surface area contributed by atoms with E-state index in [2.05, 4.69) is 4.98 Å². The van der Waals surface area contributed by atoms with Gasteiger partial charge in [0.2, 0.25) is 0 Å². The van der Waals surface area contributed by atoms with Crippen LogP contribution < -0.4 is 9.80 Å². The number of halogens is 2. The summed E-state index contributed by atoms with van der Waals surface area (Å²) >= 11 is 0. The fourth-order valence-corrected chi connectivity index (χ4v) is 2.94. The SMILES string of the molecule is CCOC(=O)CN(C(=O)OC(C)(C)C)c1cc(N2CCC(F)(F)CC2)cc(CO)n1. The summed E-state index contributed by atoms with van der Waals surface area (Å²) in [6.45, 7) is 6.20. The van der Waals surface area contributed by atoms with E-state index in [4.69, 9.17) is 9.47 Å². The molecule has 0 spiro atoms. The van der Waals surface area contributed by atoms with Crippen molar-refractivity contribution in [2.75, 3.05) is 36.0 Å². The maximum atomic E-state index is 13.5. The lowest BCUT2D eigenvalue weighted by atomic mass is 10.1. The van der Waals surface area contributed by atoms with E-state index in [-0.39, 0.29) is 44.0 Å². The number of alkyl halides is 2. The maximum Gasteiger partial charge on any atom is 0.416 e. The van der Waals surface area contributed by atoms with E-state index in [9.17, 15) is 23.5 Å². The number of carbonyl (C=O) groups excluding carboxylic acids is 2. The average Bonchev–Trinajstić information content (AvgIpc) is 2.64. The van der Waals surface area contributed by atoms with Gasteiger partial charge in [-0.15, -0.1) is 0 Å². The summed E-state index contributed by atoms with van der Waals surface area (Å²) in [5.74, 6) is -3.30. The molecule has 0 saturated carbocycles. The topological polar surface area (TPSA) is 92.2 Å². The van der Waals surface area contributed by atoms with Gasteiger partial charge in [-0.3, -0.25) is 9.69 Å². The van der Waals surface area contributed by atoms with Crippen molar-refractivity contribution < 1.29 is 33.0 Å². The Labute approximate surface area is 174 Å². The zero-order valence-corrected chi connectivity index (χ0v) is 17.8. The summed E-state index contributed by atoms with van der Waals surface area (Å²) in [5, 5.41) is 9.61. The fourth-order valence-electron chi connectivity index (χ4n) is 2.94. The van der Waals surface area contributed by atoms with E-state index in [1.807, 2.05) is 0 Å². The van der Waals surface area contributed by atoms with Gasteiger partial charge in [-0.25, -0.2) is 18.6 Å². The molecule has 0 aliphatic carbocycles. The number of aromatic nitrogens is 1. The smallest absolute Gasteiger partial charge is 0.416 e. The number of ether oxygens (including phenoxy) is 2. The molecule has 1 amide bonds. The molecular formula is C20H29F2N3O5. The molecular weight excluding hydrogens is 400 g/mol. The highest BCUT2D eigenvalue weighted by Gasteiger charge is 2.35. The number of pyridine rings is 1. The van der Waals surface area contributed by atoms with E-state index in [1.54, 1.807) is 38.7 Å². The summed E-state index contributed by atoms with van der Waals surface area (Å²) in [6.07, 6.45) is -1.40. The van der Waals surface area contributed by atoms with E-state index < -0.39 is 36.7 Å². The second kappa shape index (κ2) is 9.55. The maximum absolute atomic E-state index is 13.5. The van der Waals surface area contributed by atoms with Crippen molar-refractivity contribution >= 4 is 23.6 Å². The van der Waals surface area contributed by atoms with Crippen LogP contribution >= 0.6 is 0 Å². The Morgan fingerprint density at radius 2 is 1.90 bits per heavy atom. The van der Waals surface area contributed by atoms with Crippen LogP contribution in [0.25, 0.3) is 0 Å². The zero-order valence-electron chi connectivity index (χ0n) is 17.8. The Morgan fingerprint density at radius 3 is 2.43 bits per heavy atom. The molecule has 168 valence electrons. The first kappa shape index (κ1) is 23.8. The third-order valence-corrected chi connectivity index (χ3v) is 4.35. The average molecular weight is 429 g/mol. The molecule has 1 aromatic rings. The Balaban J connectivity index is 2.38. The Kier molecular flexibility index (Phi) is 7.57. The van der Waals surface area contributed by atoms with Crippen LogP contribution in [0.5, 0.6) is 0 Å². The highest BCUT2D eigenvalue weighted by Crippen LogP contribution is 2.32. The molecule has 1 fully saturated rings. The van der Waals surface area contributed by atoms with Crippen molar-refractivity contribution in [3.8, 4) is 0 Å². The second-order valence-electron chi connectivity index (χ2n) is 8.05. The first-order chi connectivity index (χ1) is 13.9. The van der Waals surface area contributed by atoms with Gasteiger partial charge in [0.25, 0.3) is 5.92 Å². The summed E-state index contributed by atoms with van der Waals surface area (Å²) in [6, 6.07) is 3.09. The first-order valence-corrected chi connectivity index (χ1v) is 9.85. The molecule has 1 aliphatic heterocycles. The van der Waals surface area contributed by atoms with Crippen molar-refractivity contribution in [2.45, 2.75) is 58.7 Å². The number of hydrogen-bond acceptors (Lipinski definition) is 7. The minimum absolute atomic E-state index is 0.0659. The predicted octanol–water partition coefficient (Wildman–Crippen LogP) is 3.11. The number of anilines is 2. The lowest BCUT2D eigenvalue weighted by Crippen LogP contribution is -2.42. The highest BCUT2D eigenvalue weighted by molar-refractivity contribution is 5.93. The summed E-state index contributed by atoms with van der Waals surface area (Å²) in [5.41, 5.74) is -0.0610. The molecule has 1 aromatic heterocycles. The molecule has 0 atom stereocenters. The van der Waals surface area contributed by atoms with Gasteiger partial charge in [-0.05, 0) is 33.8 Å². The largest absolute Gasteiger partial charge is 0.465 e. The number of amides is 1. The molecule has 8 nitrogen and oxygen atoms in total. The summed E-state index contributed by atoms with van der Waals surface area (Å²) < 4.78 is 37.4. The van der Waals surface area contributed by atoms with Gasteiger partial charge in [-0.1, -0.05) is 0 Å². The normalized spacial score (nSPS) is 16.2. The minimum atomic E-state index is -2.71. The predicted molar refractivity (Wildman–Crippen MR) is 107 cm³/mol. The first-order valence-electron chi connectivity index (χ1n) is 9.85. The van der Waals surface area contributed by atoms with E-state index >= 15 is 0 Å². The monoisotopic (exact) mass is 429 g/mol. The molecule has 0 unspecified atom stereocenters. The minimum Gasteiger partial charge on any atom is -0.465 e. The van der Waals surface area contributed by atoms with Crippen molar-refractivity contribution in [1.82, 2.24) is 4.98 Å². The molecule has 0 bridgehead atoms.